The Morgan fingerprint density at radius 3 is 2.38 bits per heavy atom. The number of aliphatic imine (C=N–C) groups is 1. The monoisotopic (exact) mass is 185 g/mol. The second-order valence-corrected chi connectivity index (χ2v) is 3.75. The lowest BCUT2D eigenvalue weighted by atomic mass is 9.80. The Morgan fingerprint density at radius 1 is 1.23 bits per heavy atom. The van der Waals surface area contributed by atoms with Crippen LogP contribution in [0.25, 0.3) is 0 Å². The van der Waals surface area contributed by atoms with Crippen LogP contribution in [0.3, 0.4) is 0 Å². The van der Waals surface area contributed by atoms with Gasteiger partial charge in [0.1, 0.15) is 0 Å². The van der Waals surface area contributed by atoms with Gasteiger partial charge in [-0.1, -0.05) is 12.8 Å². The van der Waals surface area contributed by atoms with Crippen molar-refractivity contribution in [2.75, 3.05) is 13.2 Å². The van der Waals surface area contributed by atoms with Gasteiger partial charge in [0.25, 0.3) is 0 Å². The van der Waals surface area contributed by atoms with Crippen LogP contribution in [0.1, 0.15) is 25.7 Å². The minimum absolute atomic E-state index is 0.155. The first-order chi connectivity index (χ1) is 6.24. The molecule has 1 fully saturated rings. The van der Waals surface area contributed by atoms with Gasteiger partial charge in [0, 0.05) is 13.2 Å². The summed E-state index contributed by atoms with van der Waals surface area (Å²) in [6.07, 6.45) is 4.72. The number of aliphatic hydroxyl groups is 1. The highest BCUT2D eigenvalue weighted by atomic mass is 16.3. The van der Waals surface area contributed by atoms with E-state index in [4.69, 9.17) is 16.6 Å². The van der Waals surface area contributed by atoms with Gasteiger partial charge in [-0.25, -0.2) is 0 Å². The van der Waals surface area contributed by atoms with Gasteiger partial charge in [-0.15, -0.1) is 0 Å². The first-order valence-corrected chi connectivity index (χ1v) is 4.90. The molecule has 1 aliphatic carbocycles. The molecule has 1 rings (SSSR count). The number of hydrogen-bond donors (Lipinski definition) is 3. The molecular weight excluding hydrogens is 166 g/mol. The minimum atomic E-state index is 0.155. The van der Waals surface area contributed by atoms with Crippen molar-refractivity contribution in [3.63, 3.8) is 0 Å². The van der Waals surface area contributed by atoms with Crippen molar-refractivity contribution in [2.24, 2.45) is 28.3 Å². The van der Waals surface area contributed by atoms with Crippen molar-refractivity contribution < 1.29 is 5.11 Å². The number of nitrogens with zero attached hydrogens (tertiary/aromatic N) is 1. The van der Waals surface area contributed by atoms with E-state index in [-0.39, 0.29) is 12.6 Å². The minimum Gasteiger partial charge on any atom is -0.396 e. The average molecular weight is 185 g/mol. The quantitative estimate of drug-likeness (QED) is 0.429. The van der Waals surface area contributed by atoms with Gasteiger partial charge in [-0.05, 0) is 24.7 Å². The highest BCUT2D eigenvalue weighted by molar-refractivity contribution is 5.75. The molecule has 0 saturated heterocycles. The zero-order valence-corrected chi connectivity index (χ0v) is 7.95. The summed E-state index contributed by atoms with van der Waals surface area (Å²) in [6, 6.07) is 0. The Morgan fingerprint density at radius 2 is 1.85 bits per heavy atom. The van der Waals surface area contributed by atoms with Crippen LogP contribution < -0.4 is 11.5 Å². The summed E-state index contributed by atoms with van der Waals surface area (Å²) in [5.74, 6) is 1.03. The van der Waals surface area contributed by atoms with Gasteiger partial charge in [0.2, 0.25) is 0 Å². The Labute approximate surface area is 79.0 Å². The Kier molecular flexibility index (Phi) is 4.02. The maximum atomic E-state index is 9.12. The third kappa shape index (κ3) is 3.22. The topological polar surface area (TPSA) is 84.6 Å². The standard InChI is InChI=1S/C9H19N3O/c10-9(11)12-5-7-3-1-2-4-8(7)6-13/h7-8,13H,1-6H2,(H4,10,11,12). The van der Waals surface area contributed by atoms with Crippen LogP contribution in [0.5, 0.6) is 0 Å². The van der Waals surface area contributed by atoms with E-state index in [9.17, 15) is 0 Å². The molecule has 2 unspecified atom stereocenters. The number of nitrogens with two attached hydrogens (primary N) is 2. The van der Waals surface area contributed by atoms with Crippen molar-refractivity contribution in [3.05, 3.63) is 0 Å². The fraction of sp³-hybridized carbons (Fsp3) is 0.889. The summed E-state index contributed by atoms with van der Waals surface area (Å²) in [5, 5.41) is 9.12. The molecule has 76 valence electrons. The zero-order valence-electron chi connectivity index (χ0n) is 7.95. The zero-order chi connectivity index (χ0) is 9.68. The number of guanidine groups is 1. The molecule has 1 saturated carbocycles. The number of rotatable bonds is 3. The second-order valence-electron chi connectivity index (χ2n) is 3.75. The molecule has 5 N–H and O–H groups in total. The molecule has 0 radical (unpaired) electrons. The summed E-state index contributed by atoms with van der Waals surface area (Å²) in [6.45, 7) is 0.943. The molecular formula is C9H19N3O. The highest BCUT2D eigenvalue weighted by Gasteiger charge is 2.23. The Balaban J connectivity index is 2.40. The van der Waals surface area contributed by atoms with Crippen molar-refractivity contribution in [1.82, 2.24) is 0 Å². The molecule has 2 atom stereocenters. The fourth-order valence-corrected chi connectivity index (χ4v) is 1.99. The second kappa shape index (κ2) is 5.07. The summed E-state index contributed by atoms with van der Waals surface area (Å²) >= 11 is 0. The molecule has 4 heteroatoms. The van der Waals surface area contributed by atoms with Gasteiger partial charge >= 0.3 is 0 Å². The van der Waals surface area contributed by atoms with E-state index < -0.39 is 0 Å². The van der Waals surface area contributed by atoms with Gasteiger partial charge in [0.15, 0.2) is 5.96 Å². The van der Waals surface area contributed by atoms with Gasteiger partial charge in [-0.3, -0.25) is 4.99 Å². The molecule has 0 aromatic carbocycles. The lowest BCUT2D eigenvalue weighted by molar-refractivity contribution is 0.139. The molecule has 1 aliphatic rings. The normalized spacial score (nSPS) is 28.4. The third-order valence-corrected chi connectivity index (χ3v) is 2.81. The van der Waals surface area contributed by atoms with Crippen LogP contribution in [0.15, 0.2) is 4.99 Å². The molecule has 0 aliphatic heterocycles. The van der Waals surface area contributed by atoms with Crippen LogP contribution in [-0.2, 0) is 0 Å². The summed E-state index contributed by atoms with van der Waals surface area (Å²) < 4.78 is 0. The lowest BCUT2D eigenvalue weighted by Gasteiger charge is -2.28. The van der Waals surface area contributed by atoms with Crippen molar-refractivity contribution >= 4 is 5.96 Å². The third-order valence-electron chi connectivity index (χ3n) is 2.81. The Hall–Kier alpha value is -0.770. The van der Waals surface area contributed by atoms with E-state index in [1.54, 1.807) is 0 Å². The fourth-order valence-electron chi connectivity index (χ4n) is 1.99. The maximum Gasteiger partial charge on any atom is 0.185 e. The van der Waals surface area contributed by atoms with Gasteiger partial charge in [-0.2, -0.15) is 0 Å². The first-order valence-electron chi connectivity index (χ1n) is 4.90. The summed E-state index contributed by atoms with van der Waals surface area (Å²) in [5.41, 5.74) is 10.5. The molecule has 0 spiro atoms. The van der Waals surface area contributed by atoms with Gasteiger partial charge < -0.3 is 16.6 Å². The number of hydrogen-bond acceptors (Lipinski definition) is 2. The molecule has 0 aromatic heterocycles. The van der Waals surface area contributed by atoms with E-state index in [2.05, 4.69) is 4.99 Å². The Bertz CT molecular complexity index is 178. The molecule has 0 amide bonds. The van der Waals surface area contributed by atoms with E-state index >= 15 is 0 Å². The molecule has 0 heterocycles. The van der Waals surface area contributed by atoms with E-state index in [1.165, 1.54) is 12.8 Å². The highest BCUT2D eigenvalue weighted by Crippen LogP contribution is 2.29. The van der Waals surface area contributed by atoms with E-state index in [1.807, 2.05) is 0 Å². The smallest absolute Gasteiger partial charge is 0.185 e. The van der Waals surface area contributed by atoms with Crippen LogP contribution in [0.4, 0.5) is 0 Å². The van der Waals surface area contributed by atoms with E-state index in [0.717, 1.165) is 12.8 Å². The van der Waals surface area contributed by atoms with Crippen molar-refractivity contribution in [1.29, 1.82) is 0 Å². The SMILES string of the molecule is NC(N)=NCC1CCCCC1CO. The lowest BCUT2D eigenvalue weighted by Crippen LogP contribution is -2.28. The van der Waals surface area contributed by atoms with Crippen LogP contribution in [-0.4, -0.2) is 24.2 Å². The van der Waals surface area contributed by atoms with Crippen LogP contribution in [0.2, 0.25) is 0 Å². The van der Waals surface area contributed by atoms with E-state index in [0.29, 0.717) is 18.4 Å². The van der Waals surface area contributed by atoms with Crippen molar-refractivity contribution in [2.45, 2.75) is 25.7 Å². The molecule has 13 heavy (non-hydrogen) atoms. The molecule has 4 nitrogen and oxygen atoms in total. The first kappa shape index (κ1) is 10.3. The average Bonchev–Trinajstić information content (AvgIpc) is 2.15. The predicted molar refractivity (Wildman–Crippen MR) is 53.2 cm³/mol. The number of aliphatic hydroxyl groups excluding tert-OH is 1. The van der Waals surface area contributed by atoms with Gasteiger partial charge in [0.05, 0.1) is 0 Å². The predicted octanol–water partition coefficient (Wildman–Crippen LogP) is 0.0585. The van der Waals surface area contributed by atoms with Crippen LogP contribution >= 0.6 is 0 Å². The molecule has 0 bridgehead atoms. The van der Waals surface area contributed by atoms with Crippen LogP contribution in [0, 0.1) is 11.8 Å². The summed E-state index contributed by atoms with van der Waals surface area (Å²) in [7, 11) is 0. The molecule has 0 aromatic rings. The summed E-state index contributed by atoms with van der Waals surface area (Å²) in [4.78, 5) is 4.01. The van der Waals surface area contributed by atoms with Crippen molar-refractivity contribution in [3.8, 4) is 0 Å². The largest absolute Gasteiger partial charge is 0.396 e. The maximum absolute atomic E-state index is 9.12.